The SMILES string of the molecule is CCCCCCCCCCCCCCCCCN1C=CN(CCCCCCCCCCC)C1CCCCCCCCCCCCCCCC. The van der Waals surface area contributed by atoms with E-state index < -0.39 is 0 Å². The van der Waals surface area contributed by atoms with Crippen LogP contribution in [0.4, 0.5) is 0 Å². The van der Waals surface area contributed by atoms with Crippen LogP contribution in [0, 0.1) is 0 Å². The highest BCUT2D eigenvalue weighted by molar-refractivity contribution is 4.97. The van der Waals surface area contributed by atoms with E-state index in [-0.39, 0.29) is 0 Å². The van der Waals surface area contributed by atoms with Crippen LogP contribution in [-0.2, 0) is 0 Å². The number of rotatable bonds is 41. The Hall–Kier alpha value is -0.660. The molecule has 0 saturated carbocycles. The van der Waals surface area contributed by atoms with Crippen molar-refractivity contribution in [3.8, 4) is 0 Å². The van der Waals surface area contributed by atoms with Gasteiger partial charge < -0.3 is 9.80 Å². The first-order valence-electron chi connectivity index (χ1n) is 23.5. The predicted octanol–water partition coefficient (Wildman–Crippen LogP) is 16.7. The minimum Gasteiger partial charge on any atom is -0.356 e. The molecule has 49 heavy (non-hydrogen) atoms. The summed E-state index contributed by atoms with van der Waals surface area (Å²) >= 11 is 0. The highest BCUT2D eigenvalue weighted by atomic mass is 15.4. The number of hydrogen-bond donors (Lipinski definition) is 0. The molecule has 0 N–H and O–H groups in total. The molecule has 0 aromatic rings. The quantitative estimate of drug-likeness (QED) is 0.0591. The Balaban J connectivity index is 2.18. The topological polar surface area (TPSA) is 6.48 Å². The fourth-order valence-electron chi connectivity index (χ4n) is 8.13. The fourth-order valence-corrected chi connectivity index (χ4v) is 8.13. The lowest BCUT2D eigenvalue weighted by Crippen LogP contribution is -2.39. The van der Waals surface area contributed by atoms with E-state index in [9.17, 15) is 0 Å². The van der Waals surface area contributed by atoms with Crippen LogP contribution >= 0.6 is 0 Å². The fraction of sp³-hybridized carbons (Fsp3) is 0.957. The Bertz CT molecular complexity index is 644. The van der Waals surface area contributed by atoms with Crippen LogP contribution in [0.1, 0.15) is 271 Å². The Morgan fingerprint density at radius 2 is 0.469 bits per heavy atom. The Morgan fingerprint density at radius 3 is 0.714 bits per heavy atom. The summed E-state index contributed by atoms with van der Waals surface area (Å²) in [5.74, 6) is 0. The minimum absolute atomic E-state index is 0.637. The van der Waals surface area contributed by atoms with Crippen molar-refractivity contribution in [1.82, 2.24) is 9.80 Å². The van der Waals surface area contributed by atoms with E-state index in [0.29, 0.717) is 6.17 Å². The Labute approximate surface area is 311 Å². The summed E-state index contributed by atoms with van der Waals surface area (Å²) < 4.78 is 0. The summed E-state index contributed by atoms with van der Waals surface area (Å²) in [7, 11) is 0. The van der Waals surface area contributed by atoms with Gasteiger partial charge in [-0.3, -0.25) is 0 Å². The van der Waals surface area contributed by atoms with E-state index in [0.717, 1.165) is 0 Å². The lowest BCUT2D eigenvalue weighted by Gasteiger charge is -2.33. The van der Waals surface area contributed by atoms with E-state index in [2.05, 4.69) is 43.0 Å². The van der Waals surface area contributed by atoms with Crippen LogP contribution < -0.4 is 0 Å². The monoisotopic (exact) mass is 687 g/mol. The van der Waals surface area contributed by atoms with E-state index in [1.807, 2.05) is 0 Å². The van der Waals surface area contributed by atoms with Crippen molar-refractivity contribution >= 4 is 0 Å². The average molecular weight is 687 g/mol. The largest absolute Gasteiger partial charge is 0.356 e. The molecule has 2 nitrogen and oxygen atoms in total. The molecule has 0 aromatic carbocycles. The maximum atomic E-state index is 2.73. The van der Waals surface area contributed by atoms with Gasteiger partial charge in [0.2, 0.25) is 0 Å². The van der Waals surface area contributed by atoms with Gasteiger partial charge >= 0.3 is 0 Å². The molecule has 0 amide bonds. The molecule has 0 aliphatic carbocycles. The summed E-state index contributed by atoms with van der Waals surface area (Å²) in [5.41, 5.74) is 0. The molecule has 0 aromatic heterocycles. The van der Waals surface area contributed by atoms with Crippen LogP contribution in [0.25, 0.3) is 0 Å². The van der Waals surface area contributed by atoms with Gasteiger partial charge in [0.15, 0.2) is 0 Å². The molecule has 0 fully saturated rings. The normalized spacial score (nSPS) is 14.6. The zero-order valence-electron chi connectivity index (χ0n) is 34.6. The van der Waals surface area contributed by atoms with E-state index in [4.69, 9.17) is 0 Å². The predicted molar refractivity (Wildman–Crippen MR) is 223 cm³/mol. The second-order valence-corrected chi connectivity index (χ2v) is 16.4. The molecular weight excluding hydrogens is 593 g/mol. The van der Waals surface area contributed by atoms with Crippen molar-refractivity contribution in [2.45, 2.75) is 277 Å². The zero-order chi connectivity index (χ0) is 35.1. The van der Waals surface area contributed by atoms with Crippen LogP contribution in [0.15, 0.2) is 12.4 Å². The average Bonchev–Trinajstić information content (AvgIpc) is 3.50. The van der Waals surface area contributed by atoms with Crippen molar-refractivity contribution in [3.05, 3.63) is 12.4 Å². The van der Waals surface area contributed by atoms with Gasteiger partial charge in [-0.1, -0.05) is 245 Å². The summed E-state index contributed by atoms with van der Waals surface area (Å²) in [6.45, 7) is 9.49. The van der Waals surface area contributed by atoms with E-state index in [1.165, 1.54) is 264 Å². The molecule has 0 spiro atoms. The Morgan fingerprint density at radius 1 is 0.265 bits per heavy atom. The number of unbranched alkanes of at least 4 members (excludes halogenated alkanes) is 35. The van der Waals surface area contributed by atoms with E-state index >= 15 is 0 Å². The van der Waals surface area contributed by atoms with Crippen molar-refractivity contribution in [1.29, 1.82) is 0 Å². The molecule has 0 bridgehead atoms. The molecule has 1 aliphatic rings. The van der Waals surface area contributed by atoms with Crippen molar-refractivity contribution in [2.75, 3.05) is 13.1 Å². The third kappa shape index (κ3) is 30.7. The van der Waals surface area contributed by atoms with Gasteiger partial charge in [0, 0.05) is 25.5 Å². The highest BCUT2D eigenvalue weighted by Crippen LogP contribution is 2.24. The van der Waals surface area contributed by atoms with E-state index in [1.54, 1.807) is 0 Å². The lowest BCUT2D eigenvalue weighted by atomic mass is 10.0. The standard InChI is InChI=1S/C47H94N2/c1-4-7-10-13-16-19-21-23-25-27-29-32-35-38-41-44-49-46-45-48(43-40-37-34-31-18-15-12-9-6-3)47(49)42-39-36-33-30-28-26-24-22-20-17-14-11-8-5-2/h45-47H,4-44H2,1-3H3. The molecule has 2 heteroatoms. The lowest BCUT2D eigenvalue weighted by molar-refractivity contribution is 0.135. The van der Waals surface area contributed by atoms with Gasteiger partial charge in [-0.05, 0) is 25.7 Å². The van der Waals surface area contributed by atoms with Gasteiger partial charge in [0.05, 0.1) is 0 Å². The molecule has 1 aliphatic heterocycles. The maximum absolute atomic E-state index is 2.73. The smallest absolute Gasteiger partial charge is 0.101 e. The molecule has 1 rings (SSSR count). The second-order valence-electron chi connectivity index (χ2n) is 16.4. The summed E-state index contributed by atoms with van der Waals surface area (Å²) in [6, 6.07) is 0. The van der Waals surface area contributed by atoms with Gasteiger partial charge in [-0.2, -0.15) is 0 Å². The highest BCUT2D eigenvalue weighted by Gasteiger charge is 2.24. The first-order valence-corrected chi connectivity index (χ1v) is 23.5. The van der Waals surface area contributed by atoms with Crippen LogP contribution in [0.5, 0.6) is 0 Å². The van der Waals surface area contributed by atoms with Gasteiger partial charge in [0.1, 0.15) is 6.17 Å². The van der Waals surface area contributed by atoms with Crippen molar-refractivity contribution < 1.29 is 0 Å². The maximum Gasteiger partial charge on any atom is 0.101 e. The third-order valence-corrected chi connectivity index (χ3v) is 11.6. The third-order valence-electron chi connectivity index (χ3n) is 11.6. The van der Waals surface area contributed by atoms with Crippen molar-refractivity contribution in [2.24, 2.45) is 0 Å². The first-order chi connectivity index (χ1) is 24.3. The van der Waals surface area contributed by atoms with Crippen LogP contribution in [0.3, 0.4) is 0 Å². The zero-order valence-corrected chi connectivity index (χ0v) is 34.6. The summed E-state index contributed by atoms with van der Waals surface area (Å²) in [6.07, 6.45) is 61.9. The van der Waals surface area contributed by atoms with Gasteiger partial charge in [-0.25, -0.2) is 0 Å². The molecule has 0 radical (unpaired) electrons. The van der Waals surface area contributed by atoms with Crippen molar-refractivity contribution in [3.63, 3.8) is 0 Å². The molecular formula is C47H94N2. The summed E-state index contributed by atoms with van der Waals surface area (Å²) in [5, 5.41) is 0. The molecule has 1 heterocycles. The van der Waals surface area contributed by atoms with Gasteiger partial charge in [0.25, 0.3) is 0 Å². The summed E-state index contributed by atoms with van der Waals surface area (Å²) in [4.78, 5) is 5.47. The second kappa shape index (κ2) is 38.6. The number of nitrogens with zero attached hydrogens (tertiary/aromatic N) is 2. The van der Waals surface area contributed by atoms with Crippen LogP contribution in [-0.4, -0.2) is 29.1 Å². The minimum atomic E-state index is 0.637. The molecule has 0 saturated heterocycles. The number of hydrogen-bond acceptors (Lipinski definition) is 2. The molecule has 1 atom stereocenters. The molecule has 1 unspecified atom stereocenters. The Kier molecular flexibility index (Phi) is 36.5. The van der Waals surface area contributed by atoms with Gasteiger partial charge in [-0.15, -0.1) is 0 Å². The first kappa shape index (κ1) is 46.4. The molecule has 292 valence electrons. The van der Waals surface area contributed by atoms with Crippen LogP contribution in [0.2, 0.25) is 0 Å².